The molecule has 31 heavy (non-hydrogen) atoms. The Bertz CT molecular complexity index is 437. The van der Waals surface area contributed by atoms with Crippen molar-refractivity contribution in [3.05, 3.63) is 42.5 Å². The van der Waals surface area contributed by atoms with E-state index in [-0.39, 0.29) is 35.3 Å². The zero-order valence-electron chi connectivity index (χ0n) is 22.4. The Hall–Kier alpha value is 0.113. The van der Waals surface area contributed by atoms with Gasteiger partial charge < -0.3 is 4.79 Å². The van der Waals surface area contributed by atoms with Crippen molar-refractivity contribution in [1.82, 2.24) is 0 Å². The molecule has 0 N–H and O–H groups in total. The molecule has 0 aliphatic carbocycles. The fourth-order valence-electron chi connectivity index (χ4n) is 4.14. The Morgan fingerprint density at radius 2 is 0.839 bits per heavy atom. The topological polar surface area (TPSA) is 17.1 Å². The molecule has 1 rings (SSSR count). The summed E-state index contributed by atoms with van der Waals surface area (Å²) in [5.41, 5.74) is 6.45. The van der Waals surface area contributed by atoms with Crippen LogP contribution in [0.15, 0.2) is 30.3 Å². The van der Waals surface area contributed by atoms with Gasteiger partial charge in [-0.25, -0.2) is 6.08 Å². The minimum atomic E-state index is 0. The third kappa shape index (κ3) is 20.5. The van der Waals surface area contributed by atoms with Crippen LogP contribution in [0, 0.1) is 6.58 Å². The average molecular weight is 555 g/mol. The van der Waals surface area contributed by atoms with Crippen LogP contribution in [0.3, 0.4) is 0 Å². The van der Waals surface area contributed by atoms with Crippen molar-refractivity contribution in [2.45, 2.75) is 117 Å². The molecule has 0 aliphatic rings. The fraction of sp³-hybridized carbons (Fsp3) is 0.667. The summed E-state index contributed by atoms with van der Waals surface area (Å²) in [6, 6.07) is 9.80. The van der Waals surface area contributed by atoms with Crippen LogP contribution in [0.1, 0.15) is 88.6 Å². The Balaban J connectivity index is -0.000000167. The number of carbonyl (C=O) groups excluding carboxylic acids is 1. The molecule has 183 valence electrons. The molecule has 0 unspecified atom stereocenters. The van der Waals surface area contributed by atoms with E-state index >= 15 is 0 Å². The summed E-state index contributed by atoms with van der Waals surface area (Å²) in [7, 11) is 0.525. The second kappa shape index (κ2) is 23.3. The maximum absolute atomic E-state index is 8.00. The molecule has 0 fully saturated rings. The standard InChI is InChI=1S/2C9H21P.C8H7.CH2O.Ru/c2*1-7(2)10(8(3)4)9(5)6;1-2-8-6-4-3-5-7-8;1-2;/h2*7-9H,1-6H3;1-7H;1H2;/q;;-1;;+1. The number of carbonyl (C=O) groups is 1. The van der Waals surface area contributed by atoms with Crippen molar-refractivity contribution in [1.29, 1.82) is 0 Å². The van der Waals surface area contributed by atoms with Crippen LogP contribution in [0.5, 0.6) is 0 Å². The van der Waals surface area contributed by atoms with E-state index in [1.807, 2.05) is 37.1 Å². The van der Waals surface area contributed by atoms with Crippen molar-refractivity contribution >= 4 is 28.7 Å². The van der Waals surface area contributed by atoms with E-state index in [1.54, 1.807) is 6.08 Å². The summed E-state index contributed by atoms with van der Waals surface area (Å²) in [5, 5.41) is 0. The van der Waals surface area contributed by atoms with Crippen molar-refractivity contribution in [2.24, 2.45) is 0 Å². The van der Waals surface area contributed by atoms with Gasteiger partial charge in [0.2, 0.25) is 0 Å². The van der Waals surface area contributed by atoms with Crippen LogP contribution in [0.2, 0.25) is 0 Å². The van der Waals surface area contributed by atoms with E-state index in [0.717, 1.165) is 39.5 Å². The minimum absolute atomic E-state index is 0. The summed E-state index contributed by atoms with van der Waals surface area (Å²) in [4.78, 5) is 8.00. The Kier molecular flexibility index (Phi) is 28.8. The van der Waals surface area contributed by atoms with E-state index in [1.165, 1.54) is 0 Å². The van der Waals surface area contributed by atoms with E-state index in [9.17, 15) is 0 Å². The van der Waals surface area contributed by atoms with Crippen molar-refractivity contribution in [2.75, 3.05) is 0 Å². The maximum atomic E-state index is 8.00. The van der Waals surface area contributed by atoms with Crippen LogP contribution in [0.25, 0.3) is 6.08 Å². The minimum Gasteiger partial charge on any atom is -0.307 e. The first-order valence-electron chi connectivity index (χ1n) is 11.3. The molecular weight excluding hydrogens is 503 g/mol. The van der Waals surface area contributed by atoms with Crippen molar-refractivity contribution in [3.8, 4) is 0 Å². The molecule has 0 saturated heterocycles. The molecule has 0 atom stereocenters. The summed E-state index contributed by atoms with van der Waals surface area (Å²) < 4.78 is 0. The molecule has 0 saturated carbocycles. The summed E-state index contributed by atoms with van der Waals surface area (Å²) in [5.74, 6) is 0. The molecule has 1 aromatic rings. The second-order valence-corrected chi connectivity index (χ2v) is 17.0. The molecule has 0 aliphatic heterocycles. The zero-order chi connectivity index (χ0) is 24.4. The SMILES string of the molecule is C=O.CC(C)P(C(C)C)C(C)C.CC(C)P(C(C)C)C(C)C.[CH-]=Cc1ccccc1.[Ru+]. The van der Waals surface area contributed by atoms with E-state index in [0.29, 0.717) is 0 Å². The second-order valence-electron chi connectivity index (χ2n) is 9.03. The molecule has 0 heterocycles. The fourth-order valence-corrected chi connectivity index (χ4v) is 11.3. The first-order valence-corrected chi connectivity index (χ1v) is 14.4. The van der Waals surface area contributed by atoms with Gasteiger partial charge in [0.1, 0.15) is 6.79 Å². The van der Waals surface area contributed by atoms with Gasteiger partial charge in [-0.1, -0.05) is 117 Å². The molecule has 0 bridgehead atoms. The molecule has 0 spiro atoms. The molecule has 1 aromatic carbocycles. The third-order valence-corrected chi connectivity index (χ3v) is 11.7. The van der Waals surface area contributed by atoms with Gasteiger partial charge in [-0.3, -0.25) is 6.58 Å². The van der Waals surface area contributed by atoms with E-state index < -0.39 is 0 Å². The van der Waals surface area contributed by atoms with E-state index in [4.69, 9.17) is 11.4 Å². The number of rotatable bonds is 7. The average Bonchev–Trinajstić information content (AvgIpc) is 2.63. The smallest absolute Gasteiger partial charge is 0.307 e. The van der Waals surface area contributed by atoms with Crippen molar-refractivity contribution < 1.29 is 24.3 Å². The Labute approximate surface area is 211 Å². The summed E-state index contributed by atoms with van der Waals surface area (Å²) in [6.45, 7) is 35.5. The zero-order valence-corrected chi connectivity index (χ0v) is 25.9. The maximum Gasteiger partial charge on any atom is 1.00 e. The normalized spacial score (nSPS) is 10.5. The molecule has 0 amide bonds. The Morgan fingerprint density at radius 3 is 0.935 bits per heavy atom. The van der Waals surface area contributed by atoms with Gasteiger partial charge in [0.05, 0.1) is 0 Å². The molecule has 0 aromatic heterocycles. The quantitative estimate of drug-likeness (QED) is 0.186. The molecule has 1 nitrogen and oxygen atoms in total. The van der Waals surface area contributed by atoms with E-state index in [2.05, 4.69) is 83.1 Å². The van der Waals surface area contributed by atoms with Crippen LogP contribution < -0.4 is 0 Å². The number of benzene rings is 1. The van der Waals surface area contributed by atoms with Gasteiger partial charge >= 0.3 is 19.5 Å². The van der Waals surface area contributed by atoms with Gasteiger partial charge in [-0.2, -0.15) is 5.56 Å². The largest absolute Gasteiger partial charge is 1.00 e. The van der Waals surface area contributed by atoms with Gasteiger partial charge in [0.25, 0.3) is 0 Å². The first kappa shape index (κ1) is 38.4. The molecule has 4 heteroatoms. The predicted octanol–water partition coefficient (Wildman–Crippen LogP) is 9.33. The number of hydrogen-bond donors (Lipinski definition) is 0. The van der Waals surface area contributed by atoms with Gasteiger partial charge in [-0.05, 0) is 34.0 Å². The monoisotopic (exact) mass is 555 g/mol. The van der Waals surface area contributed by atoms with Crippen LogP contribution in [-0.4, -0.2) is 40.7 Å². The molecular formula is C27H51OP2Ru. The summed E-state index contributed by atoms with van der Waals surface area (Å²) in [6.07, 6.45) is 1.58. The Morgan fingerprint density at radius 1 is 0.613 bits per heavy atom. The molecule has 1 radical (unpaired) electrons. The van der Waals surface area contributed by atoms with Gasteiger partial charge in [0, 0.05) is 0 Å². The predicted molar refractivity (Wildman–Crippen MR) is 147 cm³/mol. The van der Waals surface area contributed by atoms with Crippen LogP contribution >= 0.6 is 15.8 Å². The van der Waals surface area contributed by atoms with Gasteiger partial charge in [0.15, 0.2) is 0 Å². The van der Waals surface area contributed by atoms with Crippen LogP contribution in [0.4, 0.5) is 0 Å². The number of hydrogen-bond acceptors (Lipinski definition) is 1. The van der Waals surface area contributed by atoms with Crippen molar-refractivity contribution in [3.63, 3.8) is 0 Å². The van der Waals surface area contributed by atoms with Gasteiger partial charge in [-0.15, -0.1) is 12.1 Å². The van der Waals surface area contributed by atoms with Crippen LogP contribution in [-0.2, 0) is 24.3 Å². The first-order chi connectivity index (χ1) is 13.9. The third-order valence-electron chi connectivity index (χ3n) is 4.57. The summed E-state index contributed by atoms with van der Waals surface area (Å²) >= 11 is 0.